The van der Waals surface area contributed by atoms with Crippen LogP contribution >= 0.6 is 0 Å². The van der Waals surface area contributed by atoms with Crippen LogP contribution in [0.3, 0.4) is 0 Å². The molecular formula is C16H20F2N2O. The zero-order chi connectivity index (χ0) is 15.2. The van der Waals surface area contributed by atoms with E-state index in [-0.39, 0.29) is 11.9 Å². The summed E-state index contributed by atoms with van der Waals surface area (Å²) in [7, 11) is 0. The highest BCUT2D eigenvalue weighted by Crippen LogP contribution is 2.40. The van der Waals surface area contributed by atoms with Crippen LogP contribution in [0.1, 0.15) is 44.7 Å². The molecule has 0 saturated carbocycles. The maximum Gasteiger partial charge on any atom is 0.243 e. The van der Waals surface area contributed by atoms with E-state index >= 15 is 0 Å². The van der Waals surface area contributed by atoms with Gasteiger partial charge in [0.25, 0.3) is 0 Å². The largest absolute Gasteiger partial charge is 0.273 e. The molecule has 1 atom stereocenters. The van der Waals surface area contributed by atoms with Gasteiger partial charge < -0.3 is 0 Å². The maximum absolute atomic E-state index is 13.5. The Balaban J connectivity index is 1.98. The van der Waals surface area contributed by atoms with Crippen molar-refractivity contribution in [2.45, 2.75) is 39.2 Å². The minimum atomic E-state index is -0.593. The fourth-order valence-electron chi connectivity index (χ4n) is 3.38. The summed E-state index contributed by atoms with van der Waals surface area (Å²) in [5, 5.41) is 3.77. The van der Waals surface area contributed by atoms with Gasteiger partial charge in [-0.1, -0.05) is 13.8 Å². The van der Waals surface area contributed by atoms with Gasteiger partial charge in [0.2, 0.25) is 5.91 Å². The van der Waals surface area contributed by atoms with E-state index in [4.69, 9.17) is 0 Å². The quantitative estimate of drug-likeness (QED) is 0.793. The lowest BCUT2D eigenvalue weighted by atomic mass is 9.86. The van der Waals surface area contributed by atoms with Crippen molar-refractivity contribution < 1.29 is 13.6 Å². The van der Waals surface area contributed by atoms with Gasteiger partial charge in [-0.25, -0.2) is 13.8 Å². The minimum Gasteiger partial charge on any atom is -0.273 e. The molecule has 3 nitrogen and oxygen atoms in total. The third-order valence-corrected chi connectivity index (χ3v) is 4.54. The van der Waals surface area contributed by atoms with E-state index in [0.29, 0.717) is 12.0 Å². The molecule has 1 amide bonds. The topological polar surface area (TPSA) is 23.6 Å². The smallest absolute Gasteiger partial charge is 0.243 e. The van der Waals surface area contributed by atoms with Crippen molar-refractivity contribution >= 4 is 5.91 Å². The Bertz CT molecular complexity index is 553. The number of carbonyl (C=O) groups is 1. The molecule has 3 rings (SSSR count). The molecule has 2 fully saturated rings. The molecule has 114 valence electrons. The fourth-order valence-corrected chi connectivity index (χ4v) is 3.38. The molecule has 0 unspecified atom stereocenters. The normalized spacial score (nSPS) is 25.8. The SMILES string of the molecule is CC1(C)CCCN2CC[C@@H](c3cc(F)cc(F)c3)N2C1=O. The van der Waals surface area contributed by atoms with Gasteiger partial charge >= 0.3 is 0 Å². The predicted octanol–water partition coefficient (Wildman–Crippen LogP) is 3.28. The Kier molecular flexibility index (Phi) is 3.48. The van der Waals surface area contributed by atoms with E-state index in [9.17, 15) is 13.6 Å². The zero-order valence-corrected chi connectivity index (χ0v) is 12.4. The van der Waals surface area contributed by atoms with E-state index in [1.54, 1.807) is 5.01 Å². The lowest BCUT2D eigenvalue weighted by Crippen LogP contribution is -2.46. The van der Waals surface area contributed by atoms with Crippen LogP contribution in [0.15, 0.2) is 18.2 Å². The van der Waals surface area contributed by atoms with Gasteiger partial charge in [0, 0.05) is 24.6 Å². The second-order valence-corrected chi connectivity index (χ2v) is 6.60. The number of fused-ring (bicyclic) bond motifs is 1. The first-order valence-electron chi connectivity index (χ1n) is 7.43. The molecule has 0 bridgehead atoms. The molecule has 0 N–H and O–H groups in total. The average Bonchev–Trinajstić information content (AvgIpc) is 2.75. The van der Waals surface area contributed by atoms with Crippen LogP contribution in [0.5, 0.6) is 0 Å². The van der Waals surface area contributed by atoms with Gasteiger partial charge in [-0.15, -0.1) is 0 Å². The summed E-state index contributed by atoms with van der Waals surface area (Å²) >= 11 is 0. The van der Waals surface area contributed by atoms with Gasteiger partial charge in [-0.2, -0.15) is 0 Å². The summed E-state index contributed by atoms with van der Waals surface area (Å²) in [6.45, 7) is 5.47. The predicted molar refractivity (Wildman–Crippen MR) is 75.2 cm³/mol. The van der Waals surface area contributed by atoms with E-state index in [0.717, 1.165) is 32.0 Å². The van der Waals surface area contributed by atoms with Crippen molar-refractivity contribution in [1.82, 2.24) is 10.0 Å². The van der Waals surface area contributed by atoms with Crippen molar-refractivity contribution in [3.63, 3.8) is 0 Å². The Morgan fingerprint density at radius 3 is 2.48 bits per heavy atom. The summed E-state index contributed by atoms with van der Waals surface area (Å²) in [5.41, 5.74) is 0.115. The minimum absolute atomic E-state index is 0.0483. The second kappa shape index (κ2) is 5.05. The molecule has 2 saturated heterocycles. The molecule has 2 heterocycles. The van der Waals surface area contributed by atoms with Crippen LogP contribution < -0.4 is 0 Å². The van der Waals surface area contributed by atoms with E-state index in [2.05, 4.69) is 0 Å². The van der Waals surface area contributed by atoms with Crippen LogP contribution in [0.4, 0.5) is 8.78 Å². The van der Waals surface area contributed by atoms with Crippen LogP contribution in [0, 0.1) is 17.0 Å². The molecule has 1 aromatic carbocycles. The number of halogens is 2. The molecular weight excluding hydrogens is 274 g/mol. The van der Waals surface area contributed by atoms with Gasteiger partial charge in [0.05, 0.1) is 6.04 Å². The Labute approximate surface area is 123 Å². The number of nitrogens with zero attached hydrogens (tertiary/aromatic N) is 2. The molecule has 0 spiro atoms. The van der Waals surface area contributed by atoms with Gasteiger partial charge in [-0.3, -0.25) is 9.80 Å². The number of hydrogen-bond acceptors (Lipinski definition) is 2. The third-order valence-electron chi connectivity index (χ3n) is 4.54. The number of benzene rings is 1. The molecule has 0 radical (unpaired) electrons. The Morgan fingerprint density at radius 2 is 1.81 bits per heavy atom. The Hall–Kier alpha value is -1.49. The summed E-state index contributed by atoms with van der Waals surface area (Å²) in [5.74, 6) is -1.14. The number of carbonyl (C=O) groups excluding carboxylic acids is 1. The molecule has 0 aliphatic carbocycles. The first-order chi connectivity index (χ1) is 9.88. The van der Waals surface area contributed by atoms with Crippen LogP contribution in [0.2, 0.25) is 0 Å². The fraction of sp³-hybridized carbons (Fsp3) is 0.562. The zero-order valence-electron chi connectivity index (χ0n) is 12.4. The highest BCUT2D eigenvalue weighted by molar-refractivity contribution is 5.82. The maximum atomic E-state index is 13.5. The standard InChI is InChI=1S/C16H20F2N2O/c1-16(2)5-3-6-19-7-4-14(20(19)15(16)21)11-8-12(17)10-13(18)9-11/h8-10,14H,3-7H2,1-2H3/t14-/m0/s1. The molecule has 1 aromatic rings. The lowest BCUT2D eigenvalue weighted by Gasteiger charge is -2.34. The van der Waals surface area contributed by atoms with Gasteiger partial charge in [0.15, 0.2) is 0 Å². The van der Waals surface area contributed by atoms with E-state index in [1.807, 2.05) is 18.9 Å². The van der Waals surface area contributed by atoms with Crippen molar-refractivity contribution in [2.75, 3.05) is 13.1 Å². The lowest BCUT2D eigenvalue weighted by molar-refractivity contribution is -0.154. The second-order valence-electron chi connectivity index (χ2n) is 6.60. The van der Waals surface area contributed by atoms with Gasteiger partial charge in [-0.05, 0) is 37.0 Å². The highest BCUT2D eigenvalue weighted by Gasteiger charge is 2.44. The van der Waals surface area contributed by atoms with E-state index < -0.39 is 17.0 Å². The third kappa shape index (κ3) is 2.55. The van der Waals surface area contributed by atoms with Crippen LogP contribution in [-0.4, -0.2) is 29.0 Å². The monoisotopic (exact) mass is 294 g/mol. The molecule has 21 heavy (non-hydrogen) atoms. The summed E-state index contributed by atoms with van der Waals surface area (Å²) in [4.78, 5) is 12.8. The Morgan fingerprint density at radius 1 is 1.14 bits per heavy atom. The summed E-state index contributed by atoms with van der Waals surface area (Å²) in [6, 6.07) is 3.27. The first-order valence-corrected chi connectivity index (χ1v) is 7.43. The number of rotatable bonds is 1. The van der Waals surface area contributed by atoms with Gasteiger partial charge in [0.1, 0.15) is 11.6 Å². The molecule has 0 aromatic heterocycles. The van der Waals surface area contributed by atoms with Crippen LogP contribution in [-0.2, 0) is 4.79 Å². The van der Waals surface area contributed by atoms with E-state index in [1.165, 1.54) is 12.1 Å². The molecule has 2 aliphatic rings. The summed E-state index contributed by atoms with van der Waals surface area (Å²) in [6.07, 6.45) is 2.51. The molecule has 2 aliphatic heterocycles. The van der Waals surface area contributed by atoms with Crippen molar-refractivity contribution in [3.8, 4) is 0 Å². The molecule has 5 heteroatoms. The number of amides is 1. The number of hydrogen-bond donors (Lipinski definition) is 0. The highest BCUT2D eigenvalue weighted by atomic mass is 19.1. The first kappa shape index (κ1) is 14.4. The van der Waals surface area contributed by atoms with Crippen LogP contribution in [0.25, 0.3) is 0 Å². The average molecular weight is 294 g/mol. The van der Waals surface area contributed by atoms with Crippen molar-refractivity contribution in [1.29, 1.82) is 0 Å². The summed E-state index contributed by atoms with van der Waals surface area (Å²) < 4.78 is 27.0. The van der Waals surface area contributed by atoms with Crippen molar-refractivity contribution in [2.24, 2.45) is 5.41 Å². The number of hydrazine groups is 1. The van der Waals surface area contributed by atoms with Crippen molar-refractivity contribution in [3.05, 3.63) is 35.4 Å².